The molecule has 1 saturated heterocycles. The zero-order valence-electron chi connectivity index (χ0n) is 16.8. The van der Waals surface area contributed by atoms with Crippen molar-refractivity contribution >= 4 is 5.84 Å². The lowest BCUT2D eigenvalue weighted by Gasteiger charge is -2.35. The Morgan fingerprint density at radius 3 is 2.33 bits per heavy atom. The first kappa shape index (κ1) is 18.9. The van der Waals surface area contributed by atoms with Crippen LogP contribution in [0.2, 0.25) is 0 Å². The van der Waals surface area contributed by atoms with Crippen LogP contribution < -0.4 is 5.48 Å². The summed E-state index contributed by atoms with van der Waals surface area (Å²) >= 11 is 0. The molecule has 3 aromatic rings. The summed E-state index contributed by atoms with van der Waals surface area (Å²) in [5, 5.41) is 9.69. The molecule has 0 bridgehead atoms. The zero-order chi connectivity index (χ0) is 20.4. The van der Waals surface area contributed by atoms with E-state index in [0.29, 0.717) is 0 Å². The average molecular weight is 399 g/mol. The molecule has 3 aromatic carbocycles. The summed E-state index contributed by atoms with van der Waals surface area (Å²) in [5.74, 6) is 1.06. The molecule has 1 fully saturated rings. The van der Waals surface area contributed by atoms with Gasteiger partial charge in [-0.25, -0.2) is 15.3 Å². The van der Waals surface area contributed by atoms with Gasteiger partial charge in [0.25, 0.3) is 0 Å². The fourth-order valence-electron chi connectivity index (χ4n) is 4.14. The van der Waals surface area contributed by atoms with Crippen molar-refractivity contribution in [3.05, 3.63) is 90.0 Å². The van der Waals surface area contributed by atoms with Crippen molar-refractivity contribution in [2.45, 2.75) is 25.1 Å². The highest BCUT2D eigenvalue weighted by atomic mass is 16.7. The van der Waals surface area contributed by atoms with E-state index < -0.39 is 5.72 Å². The number of amidine groups is 1. The van der Waals surface area contributed by atoms with Crippen LogP contribution in [0.1, 0.15) is 24.0 Å². The Hall–Kier alpha value is -3.15. The number of aromatic hydroxyl groups is 1. The van der Waals surface area contributed by atoms with Gasteiger partial charge in [-0.2, -0.15) is 0 Å². The number of nitrogens with zero attached hydrogens (tertiary/aromatic N) is 2. The maximum atomic E-state index is 9.69. The minimum Gasteiger partial charge on any atom is -0.508 e. The number of likely N-dealkylation sites (tertiary alicyclic amines) is 1. The van der Waals surface area contributed by atoms with Crippen molar-refractivity contribution in [3.63, 3.8) is 0 Å². The number of hydrogen-bond donors (Lipinski definition) is 2. The second-order valence-electron chi connectivity index (χ2n) is 8.00. The Morgan fingerprint density at radius 2 is 1.60 bits per heavy atom. The Morgan fingerprint density at radius 1 is 0.867 bits per heavy atom. The third-order valence-electron chi connectivity index (χ3n) is 5.88. The Balaban J connectivity index is 1.25. The van der Waals surface area contributed by atoms with Gasteiger partial charge in [0.05, 0.1) is 0 Å². The molecule has 5 heteroatoms. The summed E-state index contributed by atoms with van der Waals surface area (Å²) < 4.78 is 0. The van der Waals surface area contributed by atoms with E-state index in [1.807, 2.05) is 36.4 Å². The molecule has 152 valence electrons. The van der Waals surface area contributed by atoms with Gasteiger partial charge in [0.1, 0.15) is 5.75 Å². The molecular weight excluding hydrogens is 374 g/mol. The summed E-state index contributed by atoms with van der Waals surface area (Å²) in [5.41, 5.74) is 6.98. The van der Waals surface area contributed by atoms with Crippen LogP contribution in [0.15, 0.2) is 83.9 Å². The van der Waals surface area contributed by atoms with E-state index in [4.69, 9.17) is 9.83 Å². The molecule has 5 rings (SSSR count). The lowest BCUT2D eigenvalue weighted by Crippen LogP contribution is -2.44. The maximum absolute atomic E-state index is 9.69. The minimum absolute atomic E-state index is 0.271. The first-order valence-electron chi connectivity index (χ1n) is 10.4. The van der Waals surface area contributed by atoms with Gasteiger partial charge in [-0.3, -0.25) is 4.90 Å². The molecule has 0 aliphatic carbocycles. The number of phenols is 1. The van der Waals surface area contributed by atoms with E-state index in [0.717, 1.165) is 55.0 Å². The van der Waals surface area contributed by atoms with Crippen molar-refractivity contribution < 1.29 is 9.94 Å². The topological polar surface area (TPSA) is 57.1 Å². The van der Waals surface area contributed by atoms with Gasteiger partial charge in [-0.1, -0.05) is 66.7 Å². The fourth-order valence-corrected chi connectivity index (χ4v) is 4.14. The van der Waals surface area contributed by atoms with Crippen molar-refractivity contribution in [1.82, 2.24) is 10.4 Å². The molecule has 0 saturated carbocycles. The third kappa shape index (κ3) is 3.95. The van der Waals surface area contributed by atoms with Crippen molar-refractivity contribution in [3.8, 4) is 16.9 Å². The number of rotatable bonds is 4. The molecule has 0 aromatic heterocycles. The molecular formula is C25H25N3O2. The summed E-state index contributed by atoms with van der Waals surface area (Å²) in [7, 11) is 0. The van der Waals surface area contributed by atoms with Crippen LogP contribution in [0.4, 0.5) is 0 Å². The lowest BCUT2D eigenvalue weighted by molar-refractivity contribution is -0.0901. The van der Waals surface area contributed by atoms with Crippen LogP contribution in [0, 0.1) is 0 Å². The molecule has 2 aliphatic rings. The SMILES string of the molecule is Oc1cccc(-c2ccc(C3=NC4(CCN(Cc5ccccc5)CC4)ON3)cc2)c1. The largest absolute Gasteiger partial charge is 0.508 e. The van der Waals surface area contributed by atoms with E-state index in [2.05, 4.69) is 40.7 Å². The molecule has 30 heavy (non-hydrogen) atoms. The van der Waals surface area contributed by atoms with Gasteiger partial charge in [-0.15, -0.1) is 0 Å². The summed E-state index contributed by atoms with van der Waals surface area (Å²) in [4.78, 5) is 13.3. The molecule has 2 aliphatic heterocycles. The number of hydrogen-bond acceptors (Lipinski definition) is 5. The molecule has 0 atom stereocenters. The van der Waals surface area contributed by atoms with Crippen LogP contribution in [0.3, 0.4) is 0 Å². The lowest BCUT2D eigenvalue weighted by atomic mass is 10.00. The smallest absolute Gasteiger partial charge is 0.190 e. The summed E-state index contributed by atoms with van der Waals surface area (Å²) in [6.45, 7) is 2.89. The highest BCUT2D eigenvalue weighted by Gasteiger charge is 2.40. The molecule has 0 unspecified atom stereocenters. The second-order valence-corrected chi connectivity index (χ2v) is 8.00. The first-order valence-corrected chi connectivity index (χ1v) is 10.4. The zero-order valence-corrected chi connectivity index (χ0v) is 16.8. The molecule has 1 spiro atoms. The van der Waals surface area contributed by atoms with E-state index >= 15 is 0 Å². The van der Waals surface area contributed by atoms with Crippen molar-refractivity contribution in [1.29, 1.82) is 0 Å². The van der Waals surface area contributed by atoms with Crippen molar-refractivity contribution in [2.75, 3.05) is 13.1 Å². The van der Waals surface area contributed by atoms with Gasteiger partial charge in [0.15, 0.2) is 11.6 Å². The van der Waals surface area contributed by atoms with Crippen LogP contribution >= 0.6 is 0 Å². The van der Waals surface area contributed by atoms with Gasteiger partial charge in [-0.05, 0) is 28.8 Å². The van der Waals surface area contributed by atoms with E-state index in [1.54, 1.807) is 12.1 Å². The Kier molecular flexibility index (Phi) is 4.99. The van der Waals surface area contributed by atoms with Crippen LogP contribution in [-0.4, -0.2) is 34.7 Å². The minimum atomic E-state index is -0.466. The number of piperidine rings is 1. The Bertz CT molecular complexity index is 1040. The molecule has 0 amide bonds. The molecule has 2 heterocycles. The monoisotopic (exact) mass is 399 g/mol. The van der Waals surface area contributed by atoms with Gasteiger partial charge >= 0.3 is 0 Å². The fraction of sp³-hybridized carbons (Fsp3) is 0.240. The van der Waals surface area contributed by atoms with E-state index in [1.165, 1.54) is 5.56 Å². The van der Waals surface area contributed by atoms with Crippen molar-refractivity contribution in [2.24, 2.45) is 4.99 Å². The third-order valence-corrected chi connectivity index (χ3v) is 5.88. The Labute approximate surface area is 176 Å². The molecule has 2 N–H and O–H groups in total. The average Bonchev–Trinajstić information content (AvgIpc) is 3.20. The predicted octanol–water partition coefficient (Wildman–Crippen LogP) is 4.33. The number of phenolic OH excluding ortho intramolecular Hbond substituents is 1. The number of hydroxylamine groups is 1. The summed E-state index contributed by atoms with van der Waals surface area (Å²) in [6, 6.07) is 26.0. The second kappa shape index (κ2) is 7.94. The number of benzene rings is 3. The predicted molar refractivity (Wildman–Crippen MR) is 118 cm³/mol. The first-order chi connectivity index (χ1) is 14.7. The number of aliphatic imine (C=N–C) groups is 1. The van der Waals surface area contributed by atoms with E-state index in [9.17, 15) is 5.11 Å². The van der Waals surface area contributed by atoms with Gasteiger partial charge in [0.2, 0.25) is 0 Å². The van der Waals surface area contributed by atoms with Crippen LogP contribution in [0.25, 0.3) is 11.1 Å². The van der Waals surface area contributed by atoms with Gasteiger partial charge < -0.3 is 5.11 Å². The van der Waals surface area contributed by atoms with E-state index in [-0.39, 0.29) is 5.75 Å². The van der Waals surface area contributed by atoms with Crippen LogP contribution in [0.5, 0.6) is 5.75 Å². The number of nitrogens with one attached hydrogen (secondary N) is 1. The van der Waals surface area contributed by atoms with Crippen LogP contribution in [-0.2, 0) is 11.4 Å². The molecule has 0 radical (unpaired) electrons. The highest BCUT2D eigenvalue weighted by molar-refractivity contribution is 5.99. The summed E-state index contributed by atoms with van der Waals surface area (Å²) in [6.07, 6.45) is 1.75. The standard InChI is InChI=1S/C25H25N3O2/c29-23-8-4-7-22(17-23)20-9-11-21(12-10-20)24-26-25(30-27-24)13-15-28(16-14-25)18-19-5-2-1-3-6-19/h1-12,17,29H,13-16,18H2,(H,26,27). The highest BCUT2D eigenvalue weighted by Crippen LogP contribution is 2.32. The maximum Gasteiger partial charge on any atom is 0.190 e. The quantitative estimate of drug-likeness (QED) is 0.686. The molecule has 5 nitrogen and oxygen atoms in total. The normalized spacial score (nSPS) is 18.2. The van der Waals surface area contributed by atoms with Gasteiger partial charge in [0, 0.05) is 38.0 Å².